The van der Waals surface area contributed by atoms with Crippen LogP contribution < -0.4 is 21.4 Å². The second kappa shape index (κ2) is 19.8. The number of nitrogens with two attached hydrogens (primary N) is 1. The van der Waals surface area contributed by atoms with Gasteiger partial charge < -0.3 is 36.3 Å². The maximum Gasteiger partial charge on any atom is 0.317 e. The lowest BCUT2D eigenvalue weighted by molar-refractivity contribution is -0.143. The van der Waals surface area contributed by atoms with E-state index in [1.807, 2.05) is 13.8 Å². The molecule has 1 aromatic carbocycles. The van der Waals surface area contributed by atoms with Gasteiger partial charge in [0, 0.05) is 32.7 Å². The first-order valence-electron chi connectivity index (χ1n) is 13.8. The van der Waals surface area contributed by atoms with Crippen LogP contribution in [0.5, 0.6) is 5.75 Å². The van der Waals surface area contributed by atoms with E-state index in [-0.39, 0.29) is 45.2 Å². The van der Waals surface area contributed by atoms with Gasteiger partial charge >= 0.3 is 23.9 Å². The molecule has 44 heavy (non-hydrogen) atoms. The fraction of sp³-hybridized carbons (Fsp3) is 0.556. The molecular weight excluding hydrogens is 584 g/mol. The number of carboxylic acid groups (broad SMARTS) is 4. The lowest BCUT2D eigenvalue weighted by Gasteiger charge is -2.28. The Kier molecular flexibility index (Phi) is 17.0. The first-order valence-corrected chi connectivity index (χ1v) is 13.8. The Morgan fingerprint density at radius 3 is 1.57 bits per heavy atom. The highest BCUT2D eigenvalue weighted by Gasteiger charge is 2.20. The second-order valence-corrected chi connectivity index (χ2v) is 10.5. The third kappa shape index (κ3) is 17.6. The Hall–Kier alpha value is -4.32. The summed E-state index contributed by atoms with van der Waals surface area (Å²) in [6.45, 7) is 1.60. The van der Waals surface area contributed by atoms with Crippen molar-refractivity contribution in [3.8, 4) is 5.75 Å². The van der Waals surface area contributed by atoms with Crippen LogP contribution in [0.3, 0.4) is 0 Å². The highest BCUT2D eigenvalue weighted by Crippen LogP contribution is 2.11. The topological polar surface area (TPSA) is 252 Å². The van der Waals surface area contributed by atoms with E-state index in [0.717, 1.165) is 9.80 Å². The van der Waals surface area contributed by atoms with Crippen LogP contribution in [0.15, 0.2) is 24.3 Å². The Morgan fingerprint density at radius 2 is 1.16 bits per heavy atom. The molecule has 1 rings (SSSR count). The molecular formula is C27H42N6O11. The van der Waals surface area contributed by atoms with Crippen molar-refractivity contribution in [1.29, 1.82) is 0 Å². The summed E-state index contributed by atoms with van der Waals surface area (Å²) in [5.74, 6) is -5.27. The van der Waals surface area contributed by atoms with Gasteiger partial charge in [-0.1, -0.05) is 26.0 Å². The summed E-state index contributed by atoms with van der Waals surface area (Å²) in [5, 5.41) is 39.1. The number of nitrogens with one attached hydrogen (secondary N) is 2. The summed E-state index contributed by atoms with van der Waals surface area (Å²) in [4.78, 5) is 78.5. The number of carboxylic acids is 4. The molecule has 17 nitrogen and oxygen atoms in total. The molecule has 0 bridgehead atoms. The first-order chi connectivity index (χ1) is 20.6. The number of hydrogen-bond donors (Lipinski definition) is 7. The Bertz CT molecular complexity index is 1040. The monoisotopic (exact) mass is 626 g/mol. The van der Waals surface area contributed by atoms with Gasteiger partial charge in [-0.15, -0.1) is 0 Å². The fourth-order valence-corrected chi connectivity index (χ4v) is 3.96. The molecule has 2 amide bonds. The number of aliphatic carboxylic acids is 4. The van der Waals surface area contributed by atoms with Crippen molar-refractivity contribution >= 4 is 35.7 Å². The van der Waals surface area contributed by atoms with Crippen LogP contribution in [-0.2, 0) is 35.3 Å². The largest absolute Gasteiger partial charge is 0.480 e. The number of hydroxylamine groups is 1. The molecule has 0 aliphatic carbocycles. The number of amides is 2. The molecule has 0 saturated heterocycles. The van der Waals surface area contributed by atoms with Gasteiger partial charge in [-0.05, 0) is 30.0 Å². The van der Waals surface area contributed by atoms with Crippen LogP contribution >= 0.6 is 0 Å². The SMILES string of the molecule is CC(C)C[C@@H](N)C(=O)NOc1ccc(CNC(=O)CN(CCN(CC(=O)O)CC(=O)O)CCN(CC(=O)O)CC(=O)O)cc1. The third-order valence-corrected chi connectivity index (χ3v) is 6.01. The van der Waals surface area contributed by atoms with Crippen molar-refractivity contribution in [2.24, 2.45) is 11.7 Å². The zero-order chi connectivity index (χ0) is 33.2. The Morgan fingerprint density at radius 1 is 0.727 bits per heavy atom. The molecule has 0 aliphatic rings. The van der Waals surface area contributed by atoms with E-state index in [9.17, 15) is 28.8 Å². The van der Waals surface area contributed by atoms with Crippen molar-refractivity contribution in [1.82, 2.24) is 25.5 Å². The molecule has 0 fully saturated rings. The predicted molar refractivity (Wildman–Crippen MR) is 154 cm³/mol. The molecule has 0 heterocycles. The molecule has 1 aromatic rings. The van der Waals surface area contributed by atoms with Crippen molar-refractivity contribution in [3.05, 3.63) is 29.8 Å². The van der Waals surface area contributed by atoms with Gasteiger partial charge in [-0.2, -0.15) is 5.48 Å². The van der Waals surface area contributed by atoms with Gasteiger partial charge in [0.25, 0.3) is 5.91 Å². The summed E-state index contributed by atoms with van der Waals surface area (Å²) < 4.78 is 0. The van der Waals surface area contributed by atoms with Crippen molar-refractivity contribution in [2.45, 2.75) is 32.9 Å². The van der Waals surface area contributed by atoms with Crippen LogP contribution in [0, 0.1) is 5.92 Å². The molecule has 246 valence electrons. The lowest BCUT2D eigenvalue weighted by Crippen LogP contribution is -2.47. The van der Waals surface area contributed by atoms with Crippen LogP contribution in [-0.4, -0.2) is 136 Å². The van der Waals surface area contributed by atoms with Crippen LogP contribution in [0.2, 0.25) is 0 Å². The molecule has 0 radical (unpaired) electrons. The number of hydrogen-bond acceptors (Lipinski definition) is 11. The molecule has 8 N–H and O–H groups in total. The minimum Gasteiger partial charge on any atom is -0.480 e. The van der Waals surface area contributed by atoms with Crippen LogP contribution in [0.25, 0.3) is 0 Å². The summed E-state index contributed by atoms with van der Waals surface area (Å²) in [6, 6.07) is 5.79. The summed E-state index contributed by atoms with van der Waals surface area (Å²) in [7, 11) is 0. The predicted octanol–water partition coefficient (Wildman–Crippen LogP) is -1.67. The van der Waals surface area contributed by atoms with Gasteiger partial charge in [0.1, 0.15) is 0 Å². The van der Waals surface area contributed by atoms with E-state index in [1.165, 1.54) is 0 Å². The molecule has 0 saturated carbocycles. The highest BCUT2D eigenvalue weighted by atomic mass is 16.7. The minimum atomic E-state index is -1.24. The molecule has 17 heteroatoms. The van der Waals surface area contributed by atoms with E-state index < -0.39 is 67.9 Å². The van der Waals surface area contributed by atoms with Gasteiger partial charge in [-0.3, -0.25) is 43.5 Å². The summed E-state index contributed by atoms with van der Waals surface area (Å²) >= 11 is 0. The van der Waals surface area contributed by atoms with Gasteiger partial charge in [0.2, 0.25) is 5.91 Å². The Balaban J connectivity index is 2.79. The third-order valence-electron chi connectivity index (χ3n) is 6.01. The van der Waals surface area contributed by atoms with Crippen LogP contribution in [0.4, 0.5) is 0 Å². The summed E-state index contributed by atoms with van der Waals surface area (Å²) in [5.41, 5.74) is 8.82. The number of nitrogens with zero attached hydrogens (tertiary/aromatic N) is 3. The molecule has 1 atom stereocenters. The van der Waals surface area contributed by atoms with E-state index >= 15 is 0 Å². The zero-order valence-corrected chi connectivity index (χ0v) is 24.8. The molecule has 0 aromatic heterocycles. The van der Waals surface area contributed by atoms with Gasteiger partial charge in [-0.25, -0.2) is 0 Å². The minimum absolute atomic E-state index is 0.0376. The van der Waals surface area contributed by atoms with Crippen molar-refractivity contribution < 1.29 is 54.0 Å². The standard InChI is InChI=1S/C27H42N6O11/c1-18(2)11-21(28)27(43)30-44-20-5-3-19(4-6-20)12-29-22(34)13-31(7-9-32(14-23(35)36)15-24(37)38)8-10-33(16-25(39)40)17-26(41)42/h3-6,18,21H,7-17,28H2,1-2H3,(H,29,34)(H,30,43)(H,35,36)(H,37,38)(H,39,40)(H,41,42)/t21-/m1/s1. The number of benzene rings is 1. The maximum atomic E-state index is 12.8. The van der Waals surface area contributed by atoms with Gasteiger partial charge in [0.15, 0.2) is 5.75 Å². The zero-order valence-electron chi connectivity index (χ0n) is 24.8. The summed E-state index contributed by atoms with van der Waals surface area (Å²) in [6.07, 6.45) is 0.497. The molecule has 0 aliphatic heterocycles. The van der Waals surface area contributed by atoms with Crippen LogP contribution in [0.1, 0.15) is 25.8 Å². The highest BCUT2D eigenvalue weighted by molar-refractivity contribution is 5.80. The van der Waals surface area contributed by atoms with E-state index in [1.54, 1.807) is 29.2 Å². The smallest absolute Gasteiger partial charge is 0.317 e. The number of rotatable bonds is 23. The fourth-order valence-electron chi connectivity index (χ4n) is 3.96. The average Bonchev–Trinajstić information content (AvgIpc) is 2.90. The van der Waals surface area contributed by atoms with Crippen molar-refractivity contribution in [3.63, 3.8) is 0 Å². The quantitative estimate of drug-likeness (QED) is 0.0671. The second-order valence-electron chi connectivity index (χ2n) is 10.5. The van der Waals surface area contributed by atoms with E-state index in [0.29, 0.717) is 17.7 Å². The molecule has 0 spiro atoms. The normalized spacial score (nSPS) is 11.9. The lowest BCUT2D eigenvalue weighted by atomic mass is 10.0. The number of carbonyl (C=O) groups is 6. The average molecular weight is 627 g/mol. The van der Waals surface area contributed by atoms with E-state index in [4.69, 9.17) is 31.0 Å². The Labute approximate surface area is 254 Å². The first kappa shape index (κ1) is 37.7. The maximum absolute atomic E-state index is 12.8. The van der Waals surface area contributed by atoms with E-state index in [2.05, 4.69) is 10.8 Å². The number of carbonyl (C=O) groups excluding carboxylic acids is 2. The van der Waals surface area contributed by atoms with Gasteiger partial charge in [0.05, 0.1) is 38.8 Å². The van der Waals surface area contributed by atoms with Crippen molar-refractivity contribution in [2.75, 3.05) is 58.9 Å². The molecule has 0 unspecified atom stereocenters.